The van der Waals surface area contributed by atoms with Gasteiger partial charge in [0.1, 0.15) is 5.69 Å². The molecule has 3 rings (SSSR count). The van der Waals surface area contributed by atoms with Gasteiger partial charge in [0.2, 0.25) is 0 Å². The molecule has 1 heterocycles. The SMILES string of the molecule is C[C@@H](C(=O)N(C)C1CCCCC1)[NH+]1CCN(c2ccc(Cl)cc2[N+](=O)[O-])CC1. The first-order chi connectivity index (χ1) is 13.4. The highest BCUT2D eigenvalue weighted by Gasteiger charge is 2.34. The van der Waals surface area contributed by atoms with E-state index in [4.69, 9.17) is 11.6 Å². The third-order valence-corrected chi connectivity index (χ3v) is 6.57. The van der Waals surface area contributed by atoms with Gasteiger partial charge in [0.05, 0.1) is 31.1 Å². The number of anilines is 1. The second-order valence-corrected chi connectivity index (χ2v) is 8.43. The third kappa shape index (κ3) is 4.58. The lowest BCUT2D eigenvalue weighted by Crippen LogP contribution is -3.19. The number of rotatable bonds is 5. The van der Waals surface area contributed by atoms with Crippen LogP contribution in [-0.4, -0.2) is 61.0 Å². The number of hydrogen-bond acceptors (Lipinski definition) is 4. The number of carbonyl (C=O) groups is 1. The molecule has 2 fully saturated rings. The second-order valence-electron chi connectivity index (χ2n) is 8.00. The summed E-state index contributed by atoms with van der Waals surface area (Å²) in [4.78, 5) is 29.2. The van der Waals surface area contributed by atoms with Crippen molar-refractivity contribution in [1.82, 2.24) is 4.90 Å². The Bertz CT molecular complexity index is 715. The first-order valence-corrected chi connectivity index (χ1v) is 10.6. The highest BCUT2D eigenvalue weighted by atomic mass is 35.5. The molecule has 154 valence electrons. The van der Waals surface area contributed by atoms with Gasteiger partial charge in [-0.1, -0.05) is 30.9 Å². The van der Waals surface area contributed by atoms with E-state index >= 15 is 0 Å². The summed E-state index contributed by atoms with van der Waals surface area (Å²) in [6.07, 6.45) is 5.92. The molecule has 1 saturated carbocycles. The van der Waals surface area contributed by atoms with Gasteiger partial charge >= 0.3 is 0 Å². The van der Waals surface area contributed by atoms with E-state index < -0.39 is 0 Å². The molecule has 8 heteroatoms. The van der Waals surface area contributed by atoms with Crippen molar-refractivity contribution >= 4 is 28.9 Å². The molecule has 28 heavy (non-hydrogen) atoms. The summed E-state index contributed by atoms with van der Waals surface area (Å²) >= 11 is 5.92. The number of halogens is 1. The Morgan fingerprint density at radius 3 is 2.54 bits per heavy atom. The zero-order valence-electron chi connectivity index (χ0n) is 16.7. The Labute approximate surface area is 171 Å². The van der Waals surface area contributed by atoms with Gasteiger partial charge in [-0.25, -0.2) is 0 Å². The van der Waals surface area contributed by atoms with E-state index in [1.807, 2.05) is 23.8 Å². The van der Waals surface area contributed by atoms with Crippen molar-refractivity contribution in [3.63, 3.8) is 0 Å². The summed E-state index contributed by atoms with van der Waals surface area (Å²) in [6, 6.07) is 5.10. The van der Waals surface area contributed by atoms with Gasteiger partial charge < -0.3 is 14.7 Å². The molecule has 1 aromatic carbocycles. The van der Waals surface area contributed by atoms with Crippen LogP contribution in [-0.2, 0) is 4.79 Å². The summed E-state index contributed by atoms with van der Waals surface area (Å²) in [5.74, 6) is 0.216. The van der Waals surface area contributed by atoms with Gasteiger partial charge in [0, 0.05) is 24.2 Å². The normalized spacial score (nSPS) is 20.0. The number of amides is 1. The molecule has 1 atom stereocenters. The summed E-state index contributed by atoms with van der Waals surface area (Å²) in [7, 11) is 1.95. The molecule has 1 aromatic rings. The number of nitrogens with zero attached hydrogens (tertiary/aromatic N) is 3. The first kappa shape index (κ1) is 20.9. The number of piperazine rings is 1. The fourth-order valence-electron chi connectivity index (χ4n) is 4.51. The first-order valence-electron chi connectivity index (χ1n) is 10.2. The number of nitro groups is 1. The van der Waals surface area contributed by atoms with Crippen molar-refractivity contribution in [3.05, 3.63) is 33.3 Å². The average molecular weight is 410 g/mol. The molecule has 0 aromatic heterocycles. The van der Waals surface area contributed by atoms with E-state index in [2.05, 4.69) is 0 Å². The Hall–Kier alpha value is -1.86. The van der Waals surface area contributed by atoms with Crippen LogP contribution < -0.4 is 9.80 Å². The molecule has 0 spiro atoms. The Morgan fingerprint density at radius 1 is 1.29 bits per heavy atom. The number of hydrogen-bond donors (Lipinski definition) is 1. The van der Waals surface area contributed by atoms with E-state index in [0.29, 0.717) is 29.8 Å². The zero-order valence-corrected chi connectivity index (χ0v) is 17.5. The standard InChI is InChI=1S/C20H29ClN4O3/c1-15(20(26)22(2)17-6-4-3-5-7-17)23-10-12-24(13-11-23)18-9-8-16(21)14-19(18)25(27)28/h8-9,14-15,17H,3-7,10-13H2,1-2H3/p+1/t15-/m0/s1. The van der Waals surface area contributed by atoms with E-state index in [9.17, 15) is 14.9 Å². The van der Waals surface area contributed by atoms with Crippen LogP contribution >= 0.6 is 11.6 Å². The Balaban J connectivity index is 1.60. The highest BCUT2D eigenvalue weighted by molar-refractivity contribution is 6.30. The molecule has 1 amide bonds. The maximum atomic E-state index is 13.0. The van der Waals surface area contributed by atoms with Crippen molar-refractivity contribution in [2.24, 2.45) is 0 Å². The molecule has 1 saturated heterocycles. The van der Waals surface area contributed by atoms with Crippen molar-refractivity contribution in [1.29, 1.82) is 0 Å². The van der Waals surface area contributed by atoms with Crippen LogP contribution in [0.3, 0.4) is 0 Å². The molecule has 0 radical (unpaired) electrons. The van der Waals surface area contributed by atoms with Crippen LogP contribution in [0.15, 0.2) is 18.2 Å². The van der Waals surface area contributed by atoms with Gasteiger partial charge in [-0.15, -0.1) is 0 Å². The van der Waals surface area contributed by atoms with E-state index in [-0.39, 0.29) is 22.6 Å². The van der Waals surface area contributed by atoms with E-state index in [1.165, 1.54) is 30.2 Å². The lowest BCUT2D eigenvalue weighted by atomic mass is 9.94. The minimum Gasteiger partial charge on any atom is -0.355 e. The largest absolute Gasteiger partial charge is 0.355 e. The Kier molecular flexibility index (Phi) is 6.78. The van der Waals surface area contributed by atoms with Gasteiger partial charge in [-0.05, 0) is 31.9 Å². The van der Waals surface area contributed by atoms with Crippen molar-refractivity contribution < 1.29 is 14.6 Å². The Morgan fingerprint density at radius 2 is 1.93 bits per heavy atom. The predicted octanol–water partition coefficient (Wildman–Crippen LogP) is 2.13. The fourth-order valence-corrected chi connectivity index (χ4v) is 4.67. The molecular weight excluding hydrogens is 380 g/mol. The molecule has 2 aliphatic rings. The summed E-state index contributed by atoms with van der Waals surface area (Å²) in [5, 5.41) is 11.7. The summed E-state index contributed by atoms with van der Waals surface area (Å²) in [6.45, 7) is 4.94. The molecule has 0 bridgehead atoms. The molecule has 0 unspecified atom stereocenters. The number of carbonyl (C=O) groups excluding carboxylic acids is 1. The highest BCUT2D eigenvalue weighted by Crippen LogP contribution is 2.31. The maximum absolute atomic E-state index is 13.0. The van der Waals surface area contributed by atoms with Gasteiger partial charge in [0.15, 0.2) is 6.04 Å². The topological polar surface area (TPSA) is 71.1 Å². The average Bonchev–Trinajstić information content (AvgIpc) is 2.73. The lowest BCUT2D eigenvalue weighted by molar-refractivity contribution is -0.915. The summed E-state index contributed by atoms with van der Waals surface area (Å²) in [5.41, 5.74) is 0.642. The number of benzene rings is 1. The van der Waals surface area contributed by atoms with E-state index in [0.717, 1.165) is 25.9 Å². The van der Waals surface area contributed by atoms with Crippen molar-refractivity contribution in [3.8, 4) is 0 Å². The van der Waals surface area contributed by atoms with Crippen LogP contribution in [0.25, 0.3) is 0 Å². The van der Waals surface area contributed by atoms with Crippen LogP contribution in [0, 0.1) is 10.1 Å². The van der Waals surface area contributed by atoms with Crippen LogP contribution in [0.2, 0.25) is 5.02 Å². The van der Waals surface area contributed by atoms with Crippen LogP contribution in [0.5, 0.6) is 0 Å². The predicted molar refractivity (Wildman–Crippen MR) is 110 cm³/mol. The molecule has 1 aliphatic carbocycles. The number of likely N-dealkylation sites (N-methyl/N-ethyl adjacent to an activating group) is 1. The third-order valence-electron chi connectivity index (χ3n) is 6.33. The molecule has 7 nitrogen and oxygen atoms in total. The van der Waals surface area contributed by atoms with Crippen molar-refractivity contribution in [2.75, 3.05) is 38.1 Å². The number of nitrogens with one attached hydrogen (secondary N) is 1. The van der Waals surface area contributed by atoms with Gasteiger partial charge in [-0.3, -0.25) is 14.9 Å². The van der Waals surface area contributed by atoms with Crippen LogP contribution in [0.4, 0.5) is 11.4 Å². The maximum Gasteiger partial charge on any atom is 0.294 e. The van der Waals surface area contributed by atoms with Crippen LogP contribution in [0.1, 0.15) is 39.0 Å². The van der Waals surface area contributed by atoms with Gasteiger partial charge in [0.25, 0.3) is 11.6 Å². The zero-order chi connectivity index (χ0) is 20.3. The minimum atomic E-state index is -0.383. The van der Waals surface area contributed by atoms with Crippen molar-refractivity contribution in [2.45, 2.75) is 51.1 Å². The summed E-state index contributed by atoms with van der Waals surface area (Å²) < 4.78 is 0. The fraction of sp³-hybridized carbons (Fsp3) is 0.650. The second kappa shape index (κ2) is 9.09. The van der Waals surface area contributed by atoms with Gasteiger partial charge in [-0.2, -0.15) is 0 Å². The molecular formula is C20H30ClN4O3+. The number of quaternary nitrogens is 1. The molecule has 1 N–H and O–H groups in total. The monoisotopic (exact) mass is 409 g/mol. The smallest absolute Gasteiger partial charge is 0.294 e. The number of nitro benzene ring substituents is 1. The molecule has 1 aliphatic heterocycles. The minimum absolute atomic E-state index is 0.0390. The lowest BCUT2D eigenvalue weighted by Gasteiger charge is -2.38. The van der Waals surface area contributed by atoms with E-state index in [1.54, 1.807) is 12.1 Å². The quantitative estimate of drug-likeness (QED) is 0.597.